The van der Waals surface area contributed by atoms with Crippen LogP contribution in [0, 0.1) is 11.3 Å². The average Bonchev–Trinajstić information content (AvgIpc) is 2.24. The highest BCUT2D eigenvalue weighted by Gasteiger charge is 2.35. The molecule has 0 spiro atoms. The molecular weight excluding hydrogens is 214 g/mol. The van der Waals surface area contributed by atoms with Gasteiger partial charge in [0.25, 0.3) is 0 Å². The molecule has 2 unspecified atom stereocenters. The molecule has 1 aliphatic carbocycles. The zero-order chi connectivity index (χ0) is 13.1. The average molecular weight is 241 g/mol. The molecule has 17 heavy (non-hydrogen) atoms. The van der Waals surface area contributed by atoms with Crippen molar-refractivity contribution >= 4 is 5.97 Å². The summed E-state index contributed by atoms with van der Waals surface area (Å²) in [5.74, 6) is -0.00462. The normalized spacial score (nSPS) is 26.2. The van der Waals surface area contributed by atoms with E-state index in [2.05, 4.69) is 32.7 Å². The molecule has 0 aromatic rings. The van der Waals surface area contributed by atoms with Gasteiger partial charge in [-0.25, -0.2) is 0 Å². The summed E-state index contributed by atoms with van der Waals surface area (Å²) in [7, 11) is 2.08. The molecular formula is C14H27NO2. The van der Waals surface area contributed by atoms with Gasteiger partial charge in [0, 0.05) is 12.6 Å². The van der Waals surface area contributed by atoms with Crippen LogP contribution in [0.25, 0.3) is 0 Å². The Kier molecular flexibility index (Phi) is 4.99. The van der Waals surface area contributed by atoms with Crippen LogP contribution in [0.2, 0.25) is 0 Å². The van der Waals surface area contributed by atoms with Crippen molar-refractivity contribution in [3.05, 3.63) is 0 Å². The Labute approximate surface area is 105 Å². The molecule has 0 aromatic heterocycles. The predicted molar refractivity (Wildman–Crippen MR) is 70.1 cm³/mol. The highest BCUT2D eigenvalue weighted by molar-refractivity contribution is 5.66. The molecule has 0 aliphatic heterocycles. The summed E-state index contributed by atoms with van der Waals surface area (Å²) in [5.41, 5.74) is 0.322. The monoisotopic (exact) mass is 241 g/mol. The van der Waals surface area contributed by atoms with Crippen molar-refractivity contribution in [3.8, 4) is 0 Å². The Hall–Kier alpha value is -0.570. The summed E-state index contributed by atoms with van der Waals surface area (Å²) >= 11 is 0. The number of carbonyl (C=O) groups is 1. The Morgan fingerprint density at radius 3 is 2.41 bits per heavy atom. The Balaban J connectivity index is 2.61. The van der Waals surface area contributed by atoms with Gasteiger partial charge in [0.1, 0.15) is 0 Å². The first-order chi connectivity index (χ1) is 7.82. The van der Waals surface area contributed by atoms with E-state index < -0.39 is 5.97 Å². The minimum absolute atomic E-state index is 0.254. The van der Waals surface area contributed by atoms with Gasteiger partial charge in [-0.15, -0.1) is 0 Å². The van der Waals surface area contributed by atoms with E-state index in [0.717, 1.165) is 0 Å². The van der Waals surface area contributed by atoms with Crippen LogP contribution in [0.5, 0.6) is 0 Å². The summed E-state index contributed by atoms with van der Waals surface area (Å²) in [6.45, 7) is 7.59. The van der Waals surface area contributed by atoms with Crippen molar-refractivity contribution < 1.29 is 9.90 Å². The fourth-order valence-corrected chi connectivity index (χ4v) is 3.09. The van der Waals surface area contributed by atoms with E-state index in [9.17, 15) is 4.79 Å². The van der Waals surface area contributed by atoms with Crippen molar-refractivity contribution in [1.82, 2.24) is 4.90 Å². The summed E-state index contributed by atoms with van der Waals surface area (Å²) in [6.07, 6.45) is 5.37. The van der Waals surface area contributed by atoms with Crippen LogP contribution in [0.4, 0.5) is 0 Å². The van der Waals surface area contributed by atoms with Gasteiger partial charge < -0.3 is 10.0 Å². The number of rotatable bonds is 4. The molecule has 0 bridgehead atoms. The maximum Gasteiger partial charge on any atom is 0.304 e. The van der Waals surface area contributed by atoms with Gasteiger partial charge in [-0.2, -0.15) is 0 Å². The molecule has 0 saturated heterocycles. The van der Waals surface area contributed by atoms with E-state index in [1.54, 1.807) is 0 Å². The minimum Gasteiger partial charge on any atom is -0.481 e. The summed E-state index contributed by atoms with van der Waals surface area (Å²) < 4.78 is 0. The van der Waals surface area contributed by atoms with Crippen molar-refractivity contribution in [2.45, 2.75) is 58.9 Å². The fourth-order valence-electron chi connectivity index (χ4n) is 3.09. The van der Waals surface area contributed by atoms with Crippen molar-refractivity contribution in [2.24, 2.45) is 11.3 Å². The van der Waals surface area contributed by atoms with E-state index in [4.69, 9.17) is 5.11 Å². The second-order valence-corrected chi connectivity index (χ2v) is 6.45. The van der Waals surface area contributed by atoms with E-state index >= 15 is 0 Å². The summed E-state index contributed by atoms with van der Waals surface area (Å²) in [4.78, 5) is 12.9. The van der Waals surface area contributed by atoms with Gasteiger partial charge in [0.05, 0.1) is 6.42 Å². The number of aliphatic carboxylic acids is 1. The van der Waals surface area contributed by atoms with E-state index in [1.807, 2.05) is 0 Å². The van der Waals surface area contributed by atoms with Gasteiger partial charge in [-0.3, -0.25) is 4.79 Å². The summed E-state index contributed by atoms with van der Waals surface area (Å²) in [5, 5.41) is 8.76. The maximum absolute atomic E-state index is 10.6. The van der Waals surface area contributed by atoms with Crippen LogP contribution in [-0.4, -0.2) is 35.6 Å². The van der Waals surface area contributed by atoms with Gasteiger partial charge in [0.15, 0.2) is 0 Å². The first kappa shape index (κ1) is 14.5. The molecule has 0 amide bonds. The third-order valence-corrected chi connectivity index (χ3v) is 4.09. The number of hydrogen-bond acceptors (Lipinski definition) is 2. The Morgan fingerprint density at radius 1 is 1.29 bits per heavy atom. The van der Waals surface area contributed by atoms with Gasteiger partial charge >= 0.3 is 5.97 Å². The SMILES string of the molecule is CN(CCC(=O)O)C1CCCCC1C(C)(C)C. The predicted octanol–water partition coefficient (Wildman–Crippen LogP) is 3.00. The fraction of sp³-hybridized carbons (Fsp3) is 0.929. The molecule has 2 atom stereocenters. The number of nitrogens with zero attached hydrogens (tertiary/aromatic N) is 1. The lowest BCUT2D eigenvalue weighted by Gasteiger charge is -2.44. The topological polar surface area (TPSA) is 40.5 Å². The number of carboxylic acids is 1. The smallest absolute Gasteiger partial charge is 0.304 e. The van der Waals surface area contributed by atoms with Crippen LogP contribution in [0.1, 0.15) is 52.9 Å². The van der Waals surface area contributed by atoms with E-state index in [-0.39, 0.29) is 6.42 Å². The minimum atomic E-state index is -0.694. The number of hydrogen-bond donors (Lipinski definition) is 1. The molecule has 100 valence electrons. The van der Waals surface area contributed by atoms with E-state index in [1.165, 1.54) is 25.7 Å². The van der Waals surface area contributed by atoms with Gasteiger partial charge in [-0.05, 0) is 31.2 Å². The van der Waals surface area contributed by atoms with Crippen molar-refractivity contribution in [3.63, 3.8) is 0 Å². The summed E-state index contributed by atoms with van der Waals surface area (Å²) in [6, 6.07) is 0.558. The zero-order valence-corrected chi connectivity index (χ0v) is 11.7. The first-order valence-electron chi connectivity index (χ1n) is 6.74. The van der Waals surface area contributed by atoms with Gasteiger partial charge in [-0.1, -0.05) is 33.6 Å². The number of carboxylic acid groups (broad SMARTS) is 1. The highest BCUT2D eigenvalue weighted by Crippen LogP contribution is 2.39. The molecule has 0 radical (unpaired) electrons. The molecule has 1 saturated carbocycles. The van der Waals surface area contributed by atoms with Gasteiger partial charge in [0.2, 0.25) is 0 Å². The third-order valence-electron chi connectivity index (χ3n) is 4.09. The molecule has 1 aliphatic rings. The zero-order valence-electron chi connectivity index (χ0n) is 11.7. The molecule has 1 fully saturated rings. The lowest BCUT2D eigenvalue weighted by Crippen LogP contribution is -2.45. The highest BCUT2D eigenvalue weighted by atomic mass is 16.4. The molecule has 3 heteroatoms. The first-order valence-corrected chi connectivity index (χ1v) is 6.74. The van der Waals surface area contributed by atoms with Crippen LogP contribution in [-0.2, 0) is 4.79 Å². The van der Waals surface area contributed by atoms with Crippen LogP contribution >= 0.6 is 0 Å². The third kappa shape index (κ3) is 4.30. The second-order valence-electron chi connectivity index (χ2n) is 6.45. The largest absolute Gasteiger partial charge is 0.481 e. The standard InChI is InChI=1S/C14H27NO2/c1-14(2,3)11-7-5-6-8-12(11)15(4)10-9-13(16)17/h11-12H,5-10H2,1-4H3,(H,16,17). The van der Waals surface area contributed by atoms with Crippen LogP contribution in [0.15, 0.2) is 0 Å². The van der Waals surface area contributed by atoms with E-state index in [0.29, 0.717) is 23.9 Å². The molecule has 1 rings (SSSR count). The van der Waals surface area contributed by atoms with Crippen LogP contribution in [0.3, 0.4) is 0 Å². The molecule has 1 N–H and O–H groups in total. The van der Waals surface area contributed by atoms with Crippen LogP contribution < -0.4 is 0 Å². The maximum atomic E-state index is 10.6. The lowest BCUT2D eigenvalue weighted by molar-refractivity contribution is -0.137. The quantitative estimate of drug-likeness (QED) is 0.822. The Bertz CT molecular complexity index is 257. The second kappa shape index (κ2) is 5.85. The molecule has 0 aromatic carbocycles. The van der Waals surface area contributed by atoms with Crippen molar-refractivity contribution in [1.29, 1.82) is 0 Å². The van der Waals surface area contributed by atoms with Crippen molar-refractivity contribution in [2.75, 3.05) is 13.6 Å². The molecule has 3 nitrogen and oxygen atoms in total. The molecule has 0 heterocycles. The Morgan fingerprint density at radius 2 is 1.88 bits per heavy atom. The lowest BCUT2D eigenvalue weighted by atomic mass is 9.69.